The van der Waals surface area contributed by atoms with Crippen LogP contribution in [0, 0.1) is 18.3 Å². The Morgan fingerprint density at radius 3 is 2.54 bits per heavy atom. The summed E-state index contributed by atoms with van der Waals surface area (Å²) in [6.07, 6.45) is 2.76. The van der Waals surface area contributed by atoms with Gasteiger partial charge >= 0.3 is 0 Å². The lowest BCUT2D eigenvalue weighted by atomic mass is 9.88. The van der Waals surface area contributed by atoms with Crippen molar-refractivity contribution in [1.29, 1.82) is 5.26 Å². The summed E-state index contributed by atoms with van der Waals surface area (Å²) >= 11 is 0. The number of carbonyl (C=O) groups excluding carboxylic acids is 1. The average molecular weight is 398 g/mol. The molecule has 1 saturated heterocycles. The molecule has 0 spiro atoms. The van der Waals surface area contributed by atoms with Gasteiger partial charge in [-0.2, -0.15) is 5.26 Å². The van der Waals surface area contributed by atoms with E-state index in [2.05, 4.69) is 10.8 Å². The molecule has 1 aliphatic rings. The molecule has 6 nitrogen and oxygen atoms in total. The Kier molecular flexibility index (Phi) is 5.71. The van der Waals surface area contributed by atoms with Crippen LogP contribution in [0.25, 0.3) is 0 Å². The summed E-state index contributed by atoms with van der Waals surface area (Å²) in [6, 6.07) is 14.9. The van der Waals surface area contributed by atoms with Gasteiger partial charge in [0, 0.05) is 18.7 Å². The third-order valence-corrected chi connectivity index (χ3v) is 5.64. The van der Waals surface area contributed by atoms with Gasteiger partial charge in [0.25, 0.3) is 5.91 Å². The Balaban J connectivity index is 1.70. The molecule has 1 fully saturated rings. The number of aryl methyl sites for hydroxylation is 1. The van der Waals surface area contributed by atoms with E-state index in [0.29, 0.717) is 35.8 Å². The zero-order chi connectivity index (χ0) is 20.3. The van der Waals surface area contributed by atoms with Crippen LogP contribution < -0.4 is 4.72 Å². The summed E-state index contributed by atoms with van der Waals surface area (Å²) in [4.78, 5) is 14.7. The van der Waals surface area contributed by atoms with Gasteiger partial charge in [-0.15, -0.1) is 0 Å². The van der Waals surface area contributed by atoms with Crippen molar-refractivity contribution in [1.82, 2.24) is 4.90 Å². The van der Waals surface area contributed by atoms with Crippen molar-refractivity contribution in [2.45, 2.75) is 25.7 Å². The Labute approximate surface area is 165 Å². The number of nitrogens with zero attached hydrogens (tertiary/aromatic N) is 2. The summed E-state index contributed by atoms with van der Waals surface area (Å²) < 4.78 is 25.5. The van der Waals surface area contributed by atoms with E-state index in [1.165, 1.54) is 0 Å². The lowest BCUT2D eigenvalue weighted by Crippen LogP contribution is -2.38. The average Bonchev–Trinajstić information content (AvgIpc) is 2.68. The molecule has 2 aromatic rings. The summed E-state index contributed by atoms with van der Waals surface area (Å²) in [5.74, 6) is 0.235. The van der Waals surface area contributed by atoms with E-state index in [0.717, 1.165) is 30.2 Å². The number of sulfonamides is 1. The van der Waals surface area contributed by atoms with Gasteiger partial charge in [-0.05, 0) is 61.1 Å². The number of carbonyl (C=O) groups is 1. The summed E-state index contributed by atoms with van der Waals surface area (Å²) in [5, 5.41) is 9.07. The van der Waals surface area contributed by atoms with Gasteiger partial charge in [0.1, 0.15) is 0 Å². The molecule has 146 valence electrons. The number of piperidine rings is 1. The fraction of sp³-hybridized carbons (Fsp3) is 0.333. The van der Waals surface area contributed by atoms with Crippen LogP contribution >= 0.6 is 0 Å². The Morgan fingerprint density at radius 2 is 1.89 bits per heavy atom. The van der Waals surface area contributed by atoms with E-state index in [1.54, 1.807) is 36.1 Å². The van der Waals surface area contributed by atoms with E-state index in [9.17, 15) is 13.2 Å². The van der Waals surface area contributed by atoms with Crippen LogP contribution in [0.5, 0.6) is 0 Å². The molecule has 1 aliphatic heterocycles. The van der Waals surface area contributed by atoms with Crippen molar-refractivity contribution in [2.24, 2.45) is 0 Å². The number of rotatable bonds is 4. The zero-order valence-corrected chi connectivity index (χ0v) is 16.8. The van der Waals surface area contributed by atoms with Crippen molar-refractivity contribution in [3.8, 4) is 6.07 Å². The third-order valence-electron chi connectivity index (χ3n) is 5.05. The molecule has 0 radical (unpaired) electrons. The molecule has 0 aromatic heterocycles. The second-order valence-corrected chi connectivity index (χ2v) is 8.96. The Morgan fingerprint density at radius 1 is 1.18 bits per heavy atom. The number of anilines is 1. The predicted molar refractivity (Wildman–Crippen MR) is 109 cm³/mol. The second-order valence-electron chi connectivity index (χ2n) is 7.21. The first-order valence-electron chi connectivity index (χ1n) is 9.14. The molecule has 0 atom stereocenters. The SMILES string of the molecule is Cc1ccc(C(=O)N2CCC(c3cccc(C#N)c3)CC2)cc1NS(C)(=O)=O. The molecule has 1 N–H and O–H groups in total. The smallest absolute Gasteiger partial charge is 0.253 e. The Hall–Kier alpha value is -2.85. The number of nitriles is 1. The van der Waals surface area contributed by atoms with Gasteiger partial charge < -0.3 is 4.90 Å². The lowest BCUT2D eigenvalue weighted by Gasteiger charge is -2.32. The maximum atomic E-state index is 12.9. The van der Waals surface area contributed by atoms with Crippen LogP contribution in [-0.4, -0.2) is 38.6 Å². The van der Waals surface area contributed by atoms with Gasteiger partial charge in [0.15, 0.2) is 0 Å². The van der Waals surface area contributed by atoms with Crippen molar-refractivity contribution in [2.75, 3.05) is 24.1 Å². The minimum atomic E-state index is -3.41. The second kappa shape index (κ2) is 8.03. The highest BCUT2D eigenvalue weighted by molar-refractivity contribution is 7.92. The fourth-order valence-electron chi connectivity index (χ4n) is 3.53. The Bertz CT molecular complexity index is 1030. The zero-order valence-electron chi connectivity index (χ0n) is 16.0. The van der Waals surface area contributed by atoms with Gasteiger partial charge in [0.2, 0.25) is 10.0 Å². The van der Waals surface area contributed by atoms with Gasteiger partial charge in [-0.25, -0.2) is 8.42 Å². The standard InChI is InChI=1S/C21H23N3O3S/c1-15-6-7-19(13-20(15)23-28(2,26)27)21(25)24-10-8-17(9-11-24)18-5-3-4-16(12-18)14-22/h3-7,12-13,17,23H,8-11H2,1-2H3. The molecule has 2 aromatic carbocycles. The van der Waals surface area contributed by atoms with E-state index < -0.39 is 10.0 Å². The molecule has 1 heterocycles. The molecule has 0 bridgehead atoms. The molecule has 0 aliphatic carbocycles. The topological polar surface area (TPSA) is 90.3 Å². The monoisotopic (exact) mass is 397 g/mol. The summed E-state index contributed by atoms with van der Waals surface area (Å²) in [6.45, 7) is 3.05. The molecule has 0 saturated carbocycles. The van der Waals surface area contributed by atoms with Crippen molar-refractivity contribution < 1.29 is 13.2 Å². The van der Waals surface area contributed by atoms with E-state index in [1.807, 2.05) is 18.2 Å². The number of nitrogens with one attached hydrogen (secondary N) is 1. The number of benzene rings is 2. The fourth-order valence-corrected chi connectivity index (χ4v) is 4.14. The van der Waals surface area contributed by atoms with Crippen LogP contribution in [0.1, 0.15) is 45.8 Å². The number of amides is 1. The molecular formula is C21H23N3O3S. The normalized spacial score (nSPS) is 15.1. The lowest BCUT2D eigenvalue weighted by molar-refractivity contribution is 0.0713. The summed E-state index contributed by atoms with van der Waals surface area (Å²) in [5.41, 5.74) is 3.46. The van der Waals surface area contributed by atoms with Crippen LogP contribution in [0.4, 0.5) is 5.69 Å². The maximum Gasteiger partial charge on any atom is 0.253 e. The van der Waals surface area contributed by atoms with E-state index in [4.69, 9.17) is 5.26 Å². The minimum Gasteiger partial charge on any atom is -0.339 e. The molecule has 28 heavy (non-hydrogen) atoms. The van der Waals surface area contributed by atoms with Gasteiger partial charge in [0.05, 0.1) is 23.6 Å². The highest BCUT2D eigenvalue weighted by Gasteiger charge is 2.25. The predicted octanol–water partition coefficient (Wildman–Crippen LogP) is 3.26. The van der Waals surface area contributed by atoms with Gasteiger partial charge in [-0.3, -0.25) is 9.52 Å². The minimum absolute atomic E-state index is 0.0965. The third kappa shape index (κ3) is 4.70. The first kappa shape index (κ1) is 19.9. The summed E-state index contributed by atoms with van der Waals surface area (Å²) in [7, 11) is -3.41. The highest BCUT2D eigenvalue weighted by atomic mass is 32.2. The van der Waals surface area contributed by atoms with Crippen LogP contribution in [-0.2, 0) is 10.0 Å². The van der Waals surface area contributed by atoms with E-state index in [-0.39, 0.29) is 5.91 Å². The molecule has 1 amide bonds. The van der Waals surface area contributed by atoms with Crippen molar-refractivity contribution in [3.05, 3.63) is 64.7 Å². The molecular weight excluding hydrogens is 374 g/mol. The first-order chi connectivity index (χ1) is 13.3. The molecule has 0 unspecified atom stereocenters. The number of likely N-dealkylation sites (tertiary alicyclic amines) is 1. The first-order valence-corrected chi connectivity index (χ1v) is 11.0. The number of hydrogen-bond acceptors (Lipinski definition) is 4. The number of hydrogen-bond donors (Lipinski definition) is 1. The van der Waals surface area contributed by atoms with Gasteiger partial charge in [-0.1, -0.05) is 18.2 Å². The molecule has 7 heteroatoms. The van der Waals surface area contributed by atoms with Crippen molar-refractivity contribution >= 4 is 21.6 Å². The quantitative estimate of drug-likeness (QED) is 0.857. The van der Waals surface area contributed by atoms with Crippen LogP contribution in [0.3, 0.4) is 0 Å². The van der Waals surface area contributed by atoms with Crippen LogP contribution in [0.15, 0.2) is 42.5 Å². The largest absolute Gasteiger partial charge is 0.339 e. The van der Waals surface area contributed by atoms with Crippen molar-refractivity contribution in [3.63, 3.8) is 0 Å². The highest BCUT2D eigenvalue weighted by Crippen LogP contribution is 2.29. The van der Waals surface area contributed by atoms with E-state index >= 15 is 0 Å². The molecule has 3 rings (SSSR count). The maximum absolute atomic E-state index is 12.9. The van der Waals surface area contributed by atoms with Crippen LogP contribution in [0.2, 0.25) is 0 Å².